The van der Waals surface area contributed by atoms with Crippen LogP contribution in [0.15, 0.2) is 36.5 Å². The quantitative estimate of drug-likeness (QED) is 0.830. The molecule has 0 aliphatic rings. The van der Waals surface area contributed by atoms with Crippen molar-refractivity contribution in [2.75, 3.05) is 18.5 Å². The summed E-state index contributed by atoms with van der Waals surface area (Å²) in [6.45, 7) is 3.18. The summed E-state index contributed by atoms with van der Waals surface area (Å²) >= 11 is 0. The molecule has 100 valence electrons. The third-order valence-corrected chi connectivity index (χ3v) is 2.51. The molecule has 3 N–H and O–H groups in total. The largest absolute Gasteiger partial charge is 0.494 e. The van der Waals surface area contributed by atoms with Crippen molar-refractivity contribution in [3.8, 4) is 5.75 Å². The van der Waals surface area contributed by atoms with E-state index in [0.717, 1.165) is 23.1 Å². The average Bonchev–Trinajstić information content (AvgIpc) is 2.42. The summed E-state index contributed by atoms with van der Waals surface area (Å²) in [7, 11) is 0. The molecule has 5 nitrogen and oxygen atoms in total. The second-order valence-corrected chi connectivity index (χ2v) is 3.98. The van der Waals surface area contributed by atoms with E-state index < -0.39 is 0 Å². The number of anilines is 2. The lowest BCUT2D eigenvalue weighted by Crippen LogP contribution is -2.07. The Morgan fingerprint density at radius 2 is 2.00 bits per heavy atom. The lowest BCUT2D eigenvalue weighted by molar-refractivity contribution is 0.340. The van der Waals surface area contributed by atoms with E-state index in [1.54, 1.807) is 6.20 Å². The van der Waals surface area contributed by atoms with Crippen LogP contribution >= 0.6 is 0 Å². The van der Waals surface area contributed by atoms with Crippen molar-refractivity contribution in [3.63, 3.8) is 0 Å². The highest BCUT2D eigenvalue weighted by Gasteiger charge is 2.00. The number of nitrogens with one attached hydrogen (secondary N) is 1. The van der Waals surface area contributed by atoms with Gasteiger partial charge < -0.3 is 15.8 Å². The fourth-order valence-corrected chi connectivity index (χ4v) is 1.67. The van der Waals surface area contributed by atoms with E-state index in [9.17, 15) is 0 Å². The lowest BCUT2D eigenvalue weighted by Gasteiger charge is -2.08. The van der Waals surface area contributed by atoms with E-state index in [1.165, 1.54) is 0 Å². The van der Waals surface area contributed by atoms with Crippen LogP contribution < -0.4 is 15.8 Å². The zero-order chi connectivity index (χ0) is 13.5. The monoisotopic (exact) mass is 258 g/mol. The first kappa shape index (κ1) is 13.3. The maximum absolute atomic E-state index is 5.49. The molecule has 0 atom stereocenters. The van der Waals surface area contributed by atoms with Gasteiger partial charge in [-0.25, -0.2) is 9.97 Å². The van der Waals surface area contributed by atoms with Gasteiger partial charge in [-0.05, 0) is 43.8 Å². The van der Waals surface area contributed by atoms with Crippen LogP contribution in [-0.4, -0.2) is 23.1 Å². The molecule has 0 radical (unpaired) electrons. The highest BCUT2D eigenvalue weighted by molar-refractivity contribution is 5.56. The van der Waals surface area contributed by atoms with E-state index in [4.69, 9.17) is 10.5 Å². The van der Waals surface area contributed by atoms with Gasteiger partial charge in [0.15, 0.2) is 0 Å². The molecule has 0 saturated carbocycles. The third-order valence-electron chi connectivity index (χ3n) is 2.51. The Hall–Kier alpha value is -2.14. The zero-order valence-electron chi connectivity index (χ0n) is 11.0. The van der Waals surface area contributed by atoms with Gasteiger partial charge in [0, 0.05) is 18.3 Å². The Morgan fingerprint density at radius 1 is 1.21 bits per heavy atom. The predicted molar refractivity (Wildman–Crippen MR) is 75.7 cm³/mol. The topological polar surface area (TPSA) is 73.1 Å². The molecule has 5 heteroatoms. The van der Waals surface area contributed by atoms with E-state index >= 15 is 0 Å². The van der Waals surface area contributed by atoms with Gasteiger partial charge in [0.25, 0.3) is 0 Å². The van der Waals surface area contributed by atoms with Gasteiger partial charge in [-0.3, -0.25) is 0 Å². The summed E-state index contributed by atoms with van der Waals surface area (Å²) in [5.41, 5.74) is 6.45. The minimum Gasteiger partial charge on any atom is -0.494 e. The molecule has 0 bridgehead atoms. The first-order valence-electron chi connectivity index (χ1n) is 6.33. The Kier molecular flexibility index (Phi) is 4.69. The molecule has 0 fully saturated rings. The smallest absolute Gasteiger partial charge is 0.134 e. The number of hydrogen-bond acceptors (Lipinski definition) is 5. The lowest BCUT2D eigenvalue weighted by atomic mass is 10.3. The molecular formula is C14H18N4O. The Balaban J connectivity index is 2.05. The maximum Gasteiger partial charge on any atom is 0.134 e. The van der Waals surface area contributed by atoms with Crippen molar-refractivity contribution in [2.45, 2.75) is 13.3 Å². The summed E-state index contributed by atoms with van der Waals surface area (Å²) < 4.78 is 5.39. The Bertz CT molecular complexity index is 513. The van der Waals surface area contributed by atoms with E-state index in [-0.39, 0.29) is 0 Å². The predicted octanol–water partition coefficient (Wildman–Crippen LogP) is 2.12. The normalized spacial score (nSPS) is 10.2. The van der Waals surface area contributed by atoms with E-state index in [0.29, 0.717) is 19.6 Å². The highest BCUT2D eigenvalue weighted by Crippen LogP contribution is 2.18. The Labute approximate surface area is 112 Å². The standard InChI is InChI=1S/C14H18N4O/c1-2-19-12-5-3-11(4-6-12)17-14-8-10-16-13(18-14)7-9-15/h3-6,8,10H,2,7,9,15H2,1H3,(H,16,17,18). The van der Waals surface area contributed by atoms with Crippen LogP contribution in [-0.2, 0) is 6.42 Å². The first-order chi connectivity index (χ1) is 9.31. The molecule has 0 unspecified atom stereocenters. The summed E-state index contributed by atoms with van der Waals surface area (Å²) in [4.78, 5) is 8.54. The molecule has 0 spiro atoms. The molecule has 0 amide bonds. The summed E-state index contributed by atoms with van der Waals surface area (Å²) in [5.74, 6) is 2.38. The SMILES string of the molecule is CCOc1ccc(Nc2ccnc(CCN)n2)cc1. The average molecular weight is 258 g/mol. The van der Waals surface area contributed by atoms with Crippen molar-refractivity contribution < 1.29 is 4.74 Å². The van der Waals surface area contributed by atoms with E-state index in [1.807, 2.05) is 37.3 Å². The fourth-order valence-electron chi connectivity index (χ4n) is 1.67. The molecule has 19 heavy (non-hydrogen) atoms. The summed E-state index contributed by atoms with van der Waals surface area (Å²) in [5, 5.41) is 3.22. The van der Waals surface area contributed by atoms with Gasteiger partial charge in [-0.15, -0.1) is 0 Å². The van der Waals surface area contributed by atoms with Gasteiger partial charge in [-0.2, -0.15) is 0 Å². The third kappa shape index (κ3) is 3.93. The fraction of sp³-hybridized carbons (Fsp3) is 0.286. The molecular weight excluding hydrogens is 240 g/mol. The highest BCUT2D eigenvalue weighted by atomic mass is 16.5. The van der Waals surface area contributed by atoms with Crippen molar-refractivity contribution in [1.29, 1.82) is 0 Å². The minimum atomic E-state index is 0.548. The maximum atomic E-state index is 5.49. The van der Waals surface area contributed by atoms with Crippen molar-refractivity contribution >= 4 is 11.5 Å². The van der Waals surface area contributed by atoms with Gasteiger partial charge in [0.1, 0.15) is 17.4 Å². The number of nitrogens with zero attached hydrogens (tertiary/aromatic N) is 2. The molecule has 1 aromatic carbocycles. The number of hydrogen-bond donors (Lipinski definition) is 2. The van der Waals surface area contributed by atoms with Crippen LogP contribution in [0.25, 0.3) is 0 Å². The van der Waals surface area contributed by atoms with Gasteiger partial charge in [-0.1, -0.05) is 0 Å². The Morgan fingerprint density at radius 3 is 2.68 bits per heavy atom. The molecule has 1 heterocycles. The zero-order valence-corrected chi connectivity index (χ0v) is 11.0. The van der Waals surface area contributed by atoms with E-state index in [2.05, 4.69) is 15.3 Å². The molecule has 0 aliphatic carbocycles. The van der Waals surface area contributed by atoms with Crippen LogP contribution in [0.3, 0.4) is 0 Å². The number of benzene rings is 1. The van der Waals surface area contributed by atoms with Crippen molar-refractivity contribution in [1.82, 2.24) is 9.97 Å². The van der Waals surface area contributed by atoms with Gasteiger partial charge in [0.05, 0.1) is 6.61 Å². The second-order valence-electron chi connectivity index (χ2n) is 3.98. The van der Waals surface area contributed by atoms with Crippen LogP contribution in [0.2, 0.25) is 0 Å². The minimum absolute atomic E-state index is 0.548. The summed E-state index contributed by atoms with van der Waals surface area (Å²) in [6.07, 6.45) is 2.41. The molecule has 1 aromatic heterocycles. The first-order valence-corrected chi connectivity index (χ1v) is 6.33. The van der Waals surface area contributed by atoms with Crippen molar-refractivity contribution in [3.05, 3.63) is 42.4 Å². The molecule has 0 saturated heterocycles. The van der Waals surface area contributed by atoms with Crippen LogP contribution in [0.5, 0.6) is 5.75 Å². The number of rotatable bonds is 6. The van der Waals surface area contributed by atoms with Crippen LogP contribution in [0, 0.1) is 0 Å². The van der Waals surface area contributed by atoms with Gasteiger partial charge >= 0.3 is 0 Å². The molecule has 0 aliphatic heterocycles. The van der Waals surface area contributed by atoms with Crippen molar-refractivity contribution in [2.24, 2.45) is 5.73 Å². The summed E-state index contributed by atoms with van der Waals surface area (Å²) in [6, 6.07) is 9.59. The molecule has 2 rings (SSSR count). The number of ether oxygens (including phenoxy) is 1. The number of aromatic nitrogens is 2. The van der Waals surface area contributed by atoms with Crippen LogP contribution in [0.4, 0.5) is 11.5 Å². The number of nitrogens with two attached hydrogens (primary N) is 1. The van der Waals surface area contributed by atoms with Crippen LogP contribution in [0.1, 0.15) is 12.7 Å². The van der Waals surface area contributed by atoms with Gasteiger partial charge in [0.2, 0.25) is 0 Å². The molecule has 2 aromatic rings. The second kappa shape index (κ2) is 6.70.